The van der Waals surface area contributed by atoms with Crippen molar-refractivity contribution in [2.24, 2.45) is 0 Å². The van der Waals surface area contributed by atoms with Gasteiger partial charge < -0.3 is 14.9 Å². The molecule has 1 N–H and O–H groups in total. The summed E-state index contributed by atoms with van der Waals surface area (Å²) in [6, 6.07) is -0.113. The summed E-state index contributed by atoms with van der Waals surface area (Å²) in [6.45, 7) is 6.92. The van der Waals surface area contributed by atoms with E-state index in [0.29, 0.717) is 13.1 Å². The Kier molecular flexibility index (Phi) is 7.84. The summed E-state index contributed by atoms with van der Waals surface area (Å²) in [4.78, 5) is 25.5. The molecule has 0 aliphatic carbocycles. The predicted molar refractivity (Wildman–Crippen MR) is 67.0 cm³/mol. The van der Waals surface area contributed by atoms with Crippen LogP contribution in [0.3, 0.4) is 0 Å². The minimum Gasteiger partial charge on any atom is -0.481 e. The van der Waals surface area contributed by atoms with Crippen LogP contribution in [0.15, 0.2) is 12.7 Å². The van der Waals surface area contributed by atoms with Crippen LogP contribution >= 0.6 is 0 Å². The summed E-state index contributed by atoms with van der Waals surface area (Å²) >= 11 is 0. The minimum atomic E-state index is -0.884. The van der Waals surface area contributed by atoms with Crippen molar-refractivity contribution < 1.29 is 14.7 Å². The van der Waals surface area contributed by atoms with Crippen molar-refractivity contribution >= 4 is 12.0 Å². The van der Waals surface area contributed by atoms with Crippen LogP contribution in [0, 0.1) is 0 Å². The molecule has 98 valence electrons. The molecule has 0 aromatic carbocycles. The molecule has 0 aliphatic heterocycles. The molecule has 0 fully saturated rings. The van der Waals surface area contributed by atoms with Crippen LogP contribution in [0.2, 0.25) is 0 Å². The summed E-state index contributed by atoms with van der Waals surface area (Å²) in [5.41, 5.74) is 0. The van der Waals surface area contributed by atoms with E-state index in [1.54, 1.807) is 16.8 Å². The van der Waals surface area contributed by atoms with Gasteiger partial charge in [0.1, 0.15) is 0 Å². The van der Waals surface area contributed by atoms with Crippen LogP contribution in [0.1, 0.15) is 26.2 Å². The number of unbranched alkanes of at least 4 members (excludes halogenated alkanes) is 1. The van der Waals surface area contributed by atoms with E-state index in [0.717, 1.165) is 12.8 Å². The van der Waals surface area contributed by atoms with Crippen LogP contribution in [0.25, 0.3) is 0 Å². The molecule has 2 amide bonds. The summed E-state index contributed by atoms with van der Waals surface area (Å²) in [6.07, 6.45) is 3.56. The monoisotopic (exact) mass is 242 g/mol. The second-order valence-corrected chi connectivity index (χ2v) is 3.86. The maximum Gasteiger partial charge on any atom is 0.319 e. The summed E-state index contributed by atoms with van der Waals surface area (Å²) in [5.74, 6) is -0.884. The SMILES string of the molecule is C=CCCCN(C)C(=O)N(CC)CCC(=O)O. The zero-order valence-electron chi connectivity index (χ0n) is 10.7. The Bertz CT molecular complexity index is 266. The fourth-order valence-corrected chi connectivity index (χ4v) is 1.43. The molecule has 0 aromatic heterocycles. The average Bonchev–Trinajstić information content (AvgIpc) is 2.29. The van der Waals surface area contributed by atoms with Crippen LogP contribution < -0.4 is 0 Å². The first kappa shape index (κ1) is 15.5. The number of carbonyl (C=O) groups excluding carboxylic acids is 1. The Morgan fingerprint density at radius 2 is 2.00 bits per heavy atom. The van der Waals surface area contributed by atoms with Gasteiger partial charge in [-0.15, -0.1) is 6.58 Å². The van der Waals surface area contributed by atoms with Crippen LogP contribution in [0.4, 0.5) is 4.79 Å². The Morgan fingerprint density at radius 1 is 1.35 bits per heavy atom. The van der Waals surface area contributed by atoms with Gasteiger partial charge in [-0.05, 0) is 19.8 Å². The van der Waals surface area contributed by atoms with E-state index in [1.165, 1.54) is 0 Å². The van der Waals surface area contributed by atoms with Crippen LogP contribution in [-0.2, 0) is 4.79 Å². The third-order valence-corrected chi connectivity index (χ3v) is 2.48. The number of allylic oxidation sites excluding steroid dienone is 1. The summed E-state index contributed by atoms with van der Waals surface area (Å²) in [7, 11) is 1.73. The molecule has 0 heterocycles. The van der Waals surface area contributed by atoms with E-state index in [1.807, 2.05) is 13.0 Å². The van der Waals surface area contributed by atoms with Gasteiger partial charge in [-0.1, -0.05) is 6.08 Å². The molecule has 0 spiro atoms. The molecule has 0 aromatic rings. The Hall–Kier alpha value is -1.52. The summed E-state index contributed by atoms with van der Waals surface area (Å²) in [5, 5.41) is 8.59. The smallest absolute Gasteiger partial charge is 0.319 e. The van der Waals surface area contributed by atoms with Crippen LogP contribution in [0.5, 0.6) is 0 Å². The second-order valence-electron chi connectivity index (χ2n) is 3.86. The molecule has 0 unspecified atom stereocenters. The van der Waals surface area contributed by atoms with Crippen molar-refractivity contribution in [2.45, 2.75) is 26.2 Å². The number of carboxylic acids is 1. The lowest BCUT2D eigenvalue weighted by Crippen LogP contribution is -2.42. The molecule has 0 atom stereocenters. The van der Waals surface area contributed by atoms with Crippen molar-refractivity contribution in [3.8, 4) is 0 Å². The fourth-order valence-electron chi connectivity index (χ4n) is 1.43. The van der Waals surface area contributed by atoms with E-state index in [9.17, 15) is 9.59 Å². The lowest BCUT2D eigenvalue weighted by atomic mass is 10.3. The topological polar surface area (TPSA) is 60.9 Å². The number of carboxylic acid groups (broad SMARTS) is 1. The molecule has 17 heavy (non-hydrogen) atoms. The number of hydrogen-bond donors (Lipinski definition) is 1. The number of hydrogen-bond acceptors (Lipinski definition) is 2. The number of urea groups is 1. The minimum absolute atomic E-state index is 0.0138. The quantitative estimate of drug-likeness (QED) is 0.521. The normalized spacial score (nSPS) is 9.76. The largest absolute Gasteiger partial charge is 0.481 e. The lowest BCUT2D eigenvalue weighted by molar-refractivity contribution is -0.137. The molecular weight excluding hydrogens is 220 g/mol. The van der Waals surface area contributed by atoms with Gasteiger partial charge in [0.05, 0.1) is 6.42 Å². The number of amides is 2. The zero-order chi connectivity index (χ0) is 13.3. The highest BCUT2D eigenvalue weighted by molar-refractivity contribution is 5.75. The van der Waals surface area contributed by atoms with Gasteiger partial charge in [-0.3, -0.25) is 4.79 Å². The third-order valence-electron chi connectivity index (χ3n) is 2.48. The Balaban J connectivity index is 4.12. The highest BCUT2D eigenvalue weighted by atomic mass is 16.4. The van der Waals surface area contributed by atoms with Crippen molar-refractivity contribution in [3.63, 3.8) is 0 Å². The van der Waals surface area contributed by atoms with E-state index in [-0.39, 0.29) is 19.0 Å². The standard InChI is InChI=1S/C12H22N2O3/c1-4-6-7-9-13(3)12(17)14(5-2)10-8-11(15)16/h4H,1,5-10H2,2-3H3,(H,15,16). The van der Waals surface area contributed by atoms with Crippen molar-refractivity contribution in [1.82, 2.24) is 9.80 Å². The van der Waals surface area contributed by atoms with Gasteiger partial charge in [0.15, 0.2) is 0 Å². The van der Waals surface area contributed by atoms with Gasteiger partial charge >= 0.3 is 12.0 Å². The molecular formula is C12H22N2O3. The average molecular weight is 242 g/mol. The summed E-state index contributed by atoms with van der Waals surface area (Å²) < 4.78 is 0. The number of nitrogens with zero attached hydrogens (tertiary/aromatic N) is 2. The van der Waals surface area contributed by atoms with Crippen molar-refractivity contribution in [1.29, 1.82) is 0 Å². The van der Waals surface area contributed by atoms with Crippen molar-refractivity contribution in [2.75, 3.05) is 26.7 Å². The molecule has 0 saturated carbocycles. The number of rotatable bonds is 8. The predicted octanol–water partition coefficient (Wildman–Crippen LogP) is 1.80. The molecule has 0 radical (unpaired) electrons. The molecule has 5 heteroatoms. The zero-order valence-corrected chi connectivity index (χ0v) is 10.7. The van der Waals surface area contributed by atoms with Gasteiger partial charge in [0.25, 0.3) is 0 Å². The Labute approximate surface area is 103 Å². The first-order valence-electron chi connectivity index (χ1n) is 5.85. The molecule has 0 bridgehead atoms. The van der Waals surface area contributed by atoms with Crippen molar-refractivity contribution in [3.05, 3.63) is 12.7 Å². The van der Waals surface area contributed by atoms with Crippen LogP contribution in [-0.4, -0.2) is 53.6 Å². The van der Waals surface area contributed by atoms with Gasteiger partial charge in [0.2, 0.25) is 0 Å². The van der Waals surface area contributed by atoms with Gasteiger partial charge in [-0.2, -0.15) is 0 Å². The van der Waals surface area contributed by atoms with E-state index in [4.69, 9.17) is 5.11 Å². The molecule has 0 aliphatic rings. The first-order chi connectivity index (χ1) is 8.02. The molecule has 0 rings (SSSR count). The highest BCUT2D eigenvalue weighted by Gasteiger charge is 2.16. The highest BCUT2D eigenvalue weighted by Crippen LogP contribution is 2.01. The first-order valence-corrected chi connectivity index (χ1v) is 5.85. The molecule has 5 nitrogen and oxygen atoms in total. The molecule has 0 saturated heterocycles. The van der Waals surface area contributed by atoms with E-state index in [2.05, 4.69) is 6.58 Å². The Morgan fingerprint density at radius 3 is 2.47 bits per heavy atom. The van der Waals surface area contributed by atoms with E-state index >= 15 is 0 Å². The lowest BCUT2D eigenvalue weighted by Gasteiger charge is -2.26. The maximum absolute atomic E-state index is 11.9. The van der Waals surface area contributed by atoms with Gasteiger partial charge in [-0.25, -0.2) is 4.79 Å². The third kappa shape index (κ3) is 6.60. The second kappa shape index (κ2) is 8.61. The number of aliphatic carboxylic acids is 1. The number of carbonyl (C=O) groups is 2. The van der Waals surface area contributed by atoms with Gasteiger partial charge in [0, 0.05) is 26.7 Å². The van der Waals surface area contributed by atoms with E-state index < -0.39 is 5.97 Å². The maximum atomic E-state index is 11.9. The fraction of sp³-hybridized carbons (Fsp3) is 0.667.